The van der Waals surface area contributed by atoms with E-state index in [4.69, 9.17) is 26.2 Å². The minimum atomic E-state index is -1.71. The topological polar surface area (TPSA) is 266 Å². The number of rotatable bonds is 15. The Morgan fingerprint density at radius 1 is 0.645 bits per heavy atom. The molecule has 0 heterocycles. The van der Waals surface area contributed by atoms with Crippen LogP contribution in [0.15, 0.2) is 0 Å². The zero-order chi connectivity index (χ0) is 24.1. The van der Waals surface area contributed by atoms with Crippen molar-refractivity contribution in [3.8, 4) is 0 Å². The number of nitrogens with two attached hydrogens (primary N) is 1. The molecule has 0 radical (unpaired) electrons. The van der Waals surface area contributed by atoms with Crippen LogP contribution in [0.25, 0.3) is 0 Å². The molecule has 0 aromatic heterocycles. The lowest BCUT2D eigenvalue weighted by atomic mass is 10.1. The van der Waals surface area contributed by atoms with Gasteiger partial charge in [0.05, 0.1) is 19.3 Å². The summed E-state index contributed by atoms with van der Waals surface area (Å²) in [6.45, 7) is -1.91. The first-order chi connectivity index (χ1) is 14.4. The van der Waals surface area contributed by atoms with Crippen LogP contribution >= 0.6 is 0 Å². The normalized spacial score (nSPS) is 14.4. The summed E-state index contributed by atoms with van der Waals surface area (Å²) >= 11 is 0. The van der Waals surface area contributed by atoms with Crippen LogP contribution in [0.1, 0.15) is 25.7 Å². The molecule has 0 aliphatic rings. The standard InChI is InChI=1S/C16H26N4O11/c17-7(1-3-11(23)24)13(27)19-9(5-21)15(29)18-8(2-4-12(25)26)14(28)20-10(6-22)16(30)31/h7-10,21-22H,1-6,17H2,(H,18,29)(H,19,27)(H,20,28)(H,23,24)(H,25,26)(H,30,31). The average Bonchev–Trinajstić information content (AvgIpc) is 2.70. The van der Waals surface area contributed by atoms with Crippen LogP contribution in [0.2, 0.25) is 0 Å². The summed E-state index contributed by atoms with van der Waals surface area (Å²) in [6.07, 6.45) is -1.72. The molecule has 0 bridgehead atoms. The predicted octanol–water partition coefficient (Wildman–Crippen LogP) is -4.43. The fourth-order valence-corrected chi connectivity index (χ4v) is 2.15. The zero-order valence-electron chi connectivity index (χ0n) is 16.3. The number of hydrogen-bond acceptors (Lipinski definition) is 9. The Labute approximate surface area is 175 Å². The van der Waals surface area contributed by atoms with Gasteiger partial charge in [0.2, 0.25) is 17.7 Å². The predicted molar refractivity (Wildman–Crippen MR) is 99.3 cm³/mol. The van der Waals surface area contributed by atoms with Gasteiger partial charge in [-0.2, -0.15) is 0 Å². The van der Waals surface area contributed by atoms with E-state index in [1.54, 1.807) is 0 Å². The summed E-state index contributed by atoms with van der Waals surface area (Å²) in [7, 11) is 0. The van der Waals surface area contributed by atoms with Crippen molar-refractivity contribution in [2.45, 2.75) is 49.9 Å². The lowest BCUT2D eigenvalue weighted by Crippen LogP contribution is -2.58. The van der Waals surface area contributed by atoms with Gasteiger partial charge < -0.3 is 47.2 Å². The van der Waals surface area contributed by atoms with Crippen molar-refractivity contribution in [1.29, 1.82) is 0 Å². The first-order valence-corrected chi connectivity index (χ1v) is 8.97. The monoisotopic (exact) mass is 450 g/mol. The average molecular weight is 450 g/mol. The number of amides is 3. The third-order valence-corrected chi connectivity index (χ3v) is 3.90. The number of carboxylic acids is 3. The van der Waals surface area contributed by atoms with E-state index in [0.29, 0.717) is 0 Å². The second-order valence-electron chi connectivity index (χ2n) is 6.36. The number of carboxylic acid groups (broad SMARTS) is 3. The molecular weight excluding hydrogens is 424 g/mol. The summed E-state index contributed by atoms with van der Waals surface area (Å²) in [5, 5.41) is 50.7. The van der Waals surface area contributed by atoms with E-state index < -0.39 is 92.3 Å². The van der Waals surface area contributed by atoms with Crippen LogP contribution in [0.5, 0.6) is 0 Å². The van der Waals surface area contributed by atoms with Gasteiger partial charge in [0.25, 0.3) is 0 Å². The molecule has 15 heteroatoms. The Morgan fingerprint density at radius 3 is 1.52 bits per heavy atom. The van der Waals surface area contributed by atoms with Gasteiger partial charge in [-0.1, -0.05) is 0 Å². The number of aliphatic carboxylic acids is 3. The van der Waals surface area contributed by atoms with Crippen molar-refractivity contribution < 1.29 is 54.3 Å². The molecule has 10 N–H and O–H groups in total. The smallest absolute Gasteiger partial charge is 0.328 e. The minimum absolute atomic E-state index is 0.248. The fourth-order valence-electron chi connectivity index (χ4n) is 2.15. The number of aliphatic hydroxyl groups excluding tert-OH is 2. The molecule has 176 valence electrons. The molecule has 4 atom stereocenters. The van der Waals surface area contributed by atoms with E-state index in [2.05, 4.69) is 10.6 Å². The molecule has 0 saturated carbocycles. The van der Waals surface area contributed by atoms with Gasteiger partial charge >= 0.3 is 17.9 Å². The van der Waals surface area contributed by atoms with Gasteiger partial charge in [-0.25, -0.2) is 4.79 Å². The summed E-state index contributed by atoms with van der Waals surface area (Å²) in [4.78, 5) is 68.8. The van der Waals surface area contributed by atoms with Gasteiger partial charge in [-0.3, -0.25) is 24.0 Å². The van der Waals surface area contributed by atoms with Crippen molar-refractivity contribution in [1.82, 2.24) is 16.0 Å². The summed E-state index contributed by atoms with van der Waals surface area (Å²) < 4.78 is 0. The van der Waals surface area contributed by atoms with E-state index in [-0.39, 0.29) is 6.42 Å². The van der Waals surface area contributed by atoms with E-state index in [0.717, 1.165) is 0 Å². The molecule has 4 unspecified atom stereocenters. The number of nitrogens with one attached hydrogen (secondary N) is 3. The summed E-state index contributed by atoms with van der Waals surface area (Å²) in [5.74, 6) is -7.27. The quantitative estimate of drug-likeness (QED) is 0.114. The van der Waals surface area contributed by atoms with Crippen LogP contribution in [0.3, 0.4) is 0 Å². The maximum Gasteiger partial charge on any atom is 0.328 e. The lowest BCUT2D eigenvalue weighted by Gasteiger charge is -2.23. The van der Waals surface area contributed by atoms with E-state index in [1.807, 2.05) is 5.32 Å². The van der Waals surface area contributed by atoms with Gasteiger partial charge in [0.15, 0.2) is 0 Å². The van der Waals surface area contributed by atoms with Crippen molar-refractivity contribution >= 4 is 35.6 Å². The van der Waals surface area contributed by atoms with Crippen LogP contribution in [0, 0.1) is 0 Å². The number of carbonyl (C=O) groups excluding carboxylic acids is 3. The van der Waals surface area contributed by atoms with Crippen LogP contribution in [-0.4, -0.2) is 98.5 Å². The third kappa shape index (κ3) is 10.9. The number of aliphatic hydroxyl groups is 2. The minimum Gasteiger partial charge on any atom is -0.481 e. The molecule has 0 spiro atoms. The summed E-state index contributed by atoms with van der Waals surface area (Å²) in [5.41, 5.74) is 5.50. The highest BCUT2D eigenvalue weighted by Crippen LogP contribution is 2.02. The first kappa shape index (κ1) is 27.7. The summed E-state index contributed by atoms with van der Waals surface area (Å²) in [6, 6.07) is -6.19. The van der Waals surface area contributed by atoms with Crippen molar-refractivity contribution in [2.75, 3.05) is 13.2 Å². The van der Waals surface area contributed by atoms with Crippen molar-refractivity contribution in [3.63, 3.8) is 0 Å². The second kappa shape index (κ2) is 13.8. The maximum atomic E-state index is 12.3. The van der Waals surface area contributed by atoms with Crippen LogP contribution < -0.4 is 21.7 Å². The Kier molecular flexibility index (Phi) is 12.4. The van der Waals surface area contributed by atoms with Gasteiger partial charge in [-0.05, 0) is 12.8 Å². The highest BCUT2D eigenvalue weighted by atomic mass is 16.4. The van der Waals surface area contributed by atoms with Gasteiger partial charge in [-0.15, -0.1) is 0 Å². The molecule has 15 nitrogen and oxygen atoms in total. The maximum absolute atomic E-state index is 12.3. The SMILES string of the molecule is NC(CCC(=O)O)C(=O)NC(CO)C(=O)NC(CCC(=O)O)C(=O)NC(CO)C(=O)O. The molecule has 3 amide bonds. The molecular formula is C16H26N4O11. The lowest BCUT2D eigenvalue weighted by molar-refractivity contribution is -0.144. The molecule has 31 heavy (non-hydrogen) atoms. The van der Waals surface area contributed by atoms with Crippen molar-refractivity contribution in [3.05, 3.63) is 0 Å². The van der Waals surface area contributed by atoms with E-state index in [1.165, 1.54) is 0 Å². The van der Waals surface area contributed by atoms with E-state index >= 15 is 0 Å². The largest absolute Gasteiger partial charge is 0.481 e. The number of hydrogen-bond donors (Lipinski definition) is 9. The molecule has 0 saturated heterocycles. The Balaban J connectivity index is 5.19. The van der Waals surface area contributed by atoms with Crippen molar-refractivity contribution in [2.24, 2.45) is 5.73 Å². The molecule has 0 aromatic carbocycles. The Bertz CT molecular complexity index is 684. The molecule has 0 fully saturated rings. The highest BCUT2D eigenvalue weighted by Gasteiger charge is 2.30. The van der Waals surface area contributed by atoms with Crippen LogP contribution in [0.4, 0.5) is 0 Å². The van der Waals surface area contributed by atoms with Crippen LogP contribution in [-0.2, 0) is 28.8 Å². The number of carbonyl (C=O) groups is 6. The molecule has 0 aromatic rings. The van der Waals surface area contributed by atoms with Gasteiger partial charge in [0, 0.05) is 12.8 Å². The molecule has 0 rings (SSSR count). The Hall–Kier alpha value is -3.30. The third-order valence-electron chi connectivity index (χ3n) is 3.90. The second-order valence-corrected chi connectivity index (χ2v) is 6.36. The van der Waals surface area contributed by atoms with Gasteiger partial charge in [0.1, 0.15) is 18.1 Å². The van der Waals surface area contributed by atoms with E-state index in [9.17, 15) is 33.9 Å². The fraction of sp³-hybridized carbons (Fsp3) is 0.625. The molecule has 0 aliphatic carbocycles. The first-order valence-electron chi connectivity index (χ1n) is 8.97. The molecule has 0 aliphatic heterocycles. The Morgan fingerprint density at radius 2 is 1.06 bits per heavy atom. The zero-order valence-corrected chi connectivity index (χ0v) is 16.3. The highest BCUT2D eigenvalue weighted by molar-refractivity contribution is 5.94.